The summed E-state index contributed by atoms with van der Waals surface area (Å²) in [6.07, 6.45) is 0.841. The van der Waals surface area contributed by atoms with Crippen LogP contribution in [0.1, 0.15) is 55.1 Å². The van der Waals surface area contributed by atoms with Gasteiger partial charge in [0.25, 0.3) is 5.91 Å². The van der Waals surface area contributed by atoms with E-state index < -0.39 is 5.60 Å². The van der Waals surface area contributed by atoms with Gasteiger partial charge >= 0.3 is 0 Å². The molecule has 2 aromatic rings. The lowest BCUT2D eigenvalue weighted by Gasteiger charge is -2.15. The molecule has 0 radical (unpaired) electrons. The summed E-state index contributed by atoms with van der Waals surface area (Å²) < 4.78 is 16.8. The van der Waals surface area contributed by atoms with Crippen LogP contribution in [0.3, 0.4) is 0 Å². The molecule has 0 fully saturated rings. The van der Waals surface area contributed by atoms with Crippen LogP contribution in [0.15, 0.2) is 34.7 Å². The second kappa shape index (κ2) is 7.77. The number of fused-ring (bicyclic) bond motifs is 1. The van der Waals surface area contributed by atoms with Gasteiger partial charge in [-0.05, 0) is 56.5 Å². The quantitative estimate of drug-likeness (QED) is 0.813. The van der Waals surface area contributed by atoms with Crippen molar-refractivity contribution >= 4 is 5.91 Å². The highest BCUT2D eigenvalue weighted by Gasteiger charge is 2.17. The Kier molecular flexibility index (Phi) is 5.43. The van der Waals surface area contributed by atoms with Gasteiger partial charge in [-0.2, -0.15) is 0 Å². The molecule has 0 saturated heterocycles. The molecular formula is C21H23NO5. The number of carbonyl (C=O) groups excluding carboxylic acids is 1. The molecule has 142 valence electrons. The predicted molar refractivity (Wildman–Crippen MR) is 99.8 cm³/mol. The lowest BCUT2D eigenvalue weighted by atomic mass is 10.1. The Bertz CT molecular complexity index is 882. The third-order valence-electron chi connectivity index (χ3n) is 3.94. The standard InChI is InChI=1S/C21H23NO5/c1-14(15-5-7-17-19(13-15)26-12-4-11-25-17)22-20(23)18-8-6-16(27-18)9-10-21(2,3)24/h5-8,13-14,24H,4,11-12H2,1-3H3,(H,22,23). The Hall–Kier alpha value is -2.91. The number of nitrogens with one attached hydrogen (secondary N) is 1. The molecule has 1 aromatic carbocycles. The monoisotopic (exact) mass is 369 g/mol. The van der Waals surface area contributed by atoms with Crippen molar-refractivity contribution in [1.82, 2.24) is 5.32 Å². The van der Waals surface area contributed by atoms with Crippen molar-refractivity contribution in [2.45, 2.75) is 38.8 Å². The number of rotatable bonds is 3. The number of hydrogen-bond acceptors (Lipinski definition) is 5. The first-order valence-corrected chi connectivity index (χ1v) is 8.87. The zero-order valence-electron chi connectivity index (χ0n) is 15.7. The van der Waals surface area contributed by atoms with Crippen LogP contribution in [0.5, 0.6) is 11.5 Å². The topological polar surface area (TPSA) is 80.9 Å². The van der Waals surface area contributed by atoms with Crippen LogP contribution in [-0.4, -0.2) is 29.8 Å². The summed E-state index contributed by atoms with van der Waals surface area (Å²) in [5, 5.41) is 12.5. The average Bonchev–Trinajstić information content (AvgIpc) is 2.97. The van der Waals surface area contributed by atoms with E-state index in [1.807, 2.05) is 25.1 Å². The summed E-state index contributed by atoms with van der Waals surface area (Å²) in [7, 11) is 0. The molecule has 1 atom stereocenters. The minimum absolute atomic E-state index is 0.163. The lowest BCUT2D eigenvalue weighted by Crippen LogP contribution is -2.26. The molecule has 6 nitrogen and oxygen atoms in total. The van der Waals surface area contributed by atoms with Crippen LogP contribution in [0.25, 0.3) is 0 Å². The molecule has 1 amide bonds. The zero-order valence-corrected chi connectivity index (χ0v) is 15.7. The maximum atomic E-state index is 12.4. The van der Waals surface area contributed by atoms with Crippen LogP contribution < -0.4 is 14.8 Å². The third kappa shape index (κ3) is 5.05. The fourth-order valence-electron chi connectivity index (χ4n) is 2.54. The maximum absolute atomic E-state index is 12.4. The van der Waals surface area contributed by atoms with Gasteiger partial charge in [0.2, 0.25) is 0 Å². The second-order valence-electron chi connectivity index (χ2n) is 6.92. The fraction of sp³-hybridized carbons (Fsp3) is 0.381. The summed E-state index contributed by atoms with van der Waals surface area (Å²) in [5.41, 5.74) is -0.220. The van der Waals surface area contributed by atoms with E-state index in [2.05, 4.69) is 17.2 Å². The first-order chi connectivity index (χ1) is 12.8. The number of hydrogen-bond donors (Lipinski definition) is 2. The van der Waals surface area contributed by atoms with Crippen molar-refractivity contribution < 1.29 is 23.8 Å². The van der Waals surface area contributed by atoms with Crippen LogP contribution in [0.2, 0.25) is 0 Å². The van der Waals surface area contributed by atoms with Gasteiger partial charge in [-0.15, -0.1) is 0 Å². The van der Waals surface area contributed by atoms with Crippen molar-refractivity contribution in [1.29, 1.82) is 0 Å². The normalized spacial score (nSPS) is 14.5. The van der Waals surface area contributed by atoms with E-state index in [1.54, 1.807) is 26.0 Å². The highest BCUT2D eigenvalue weighted by atomic mass is 16.5. The van der Waals surface area contributed by atoms with Crippen LogP contribution >= 0.6 is 0 Å². The smallest absolute Gasteiger partial charge is 0.287 e. The molecule has 0 bridgehead atoms. The molecule has 1 unspecified atom stereocenters. The van der Waals surface area contributed by atoms with Crippen LogP contribution in [0.4, 0.5) is 0 Å². The fourth-order valence-corrected chi connectivity index (χ4v) is 2.54. The molecule has 0 aliphatic carbocycles. The summed E-state index contributed by atoms with van der Waals surface area (Å²) >= 11 is 0. The average molecular weight is 369 g/mol. The Morgan fingerprint density at radius 1 is 1.19 bits per heavy atom. The minimum Gasteiger partial charge on any atom is -0.490 e. The molecule has 1 aliphatic rings. The van der Waals surface area contributed by atoms with Crippen LogP contribution in [0, 0.1) is 11.8 Å². The summed E-state index contributed by atoms with van der Waals surface area (Å²) in [4.78, 5) is 12.4. The molecule has 2 N–H and O–H groups in total. The van der Waals surface area contributed by atoms with Crippen molar-refractivity contribution in [2.75, 3.05) is 13.2 Å². The predicted octanol–water partition coefficient (Wildman–Crippen LogP) is 3.05. The Labute approximate surface area is 158 Å². The van der Waals surface area contributed by atoms with Gasteiger partial charge in [0.05, 0.1) is 19.3 Å². The molecular weight excluding hydrogens is 346 g/mol. The number of furan rings is 1. The lowest BCUT2D eigenvalue weighted by molar-refractivity contribution is 0.0911. The van der Waals surface area contributed by atoms with E-state index in [-0.39, 0.29) is 17.7 Å². The van der Waals surface area contributed by atoms with E-state index in [0.29, 0.717) is 24.7 Å². The summed E-state index contributed by atoms with van der Waals surface area (Å²) in [6.45, 7) is 6.28. The number of benzene rings is 1. The molecule has 2 heterocycles. The summed E-state index contributed by atoms with van der Waals surface area (Å²) in [5.74, 6) is 6.91. The zero-order chi connectivity index (χ0) is 19.4. The van der Waals surface area contributed by atoms with Crippen molar-refractivity contribution in [3.8, 4) is 23.3 Å². The van der Waals surface area contributed by atoms with Gasteiger partial charge in [0, 0.05) is 6.42 Å². The molecule has 1 aromatic heterocycles. The van der Waals surface area contributed by atoms with Crippen molar-refractivity contribution in [3.05, 3.63) is 47.4 Å². The van der Waals surface area contributed by atoms with Gasteiger partial charge < -0.3 is 24.3 Å². The number of amides is 1. The van der Waals surface area contributed by atoms with E-state index in [0.717, 1.165) is 17.7 Å². The third-order valence-corrected chi connectivity index (χ3v) is 3.94. The molecule has 0 saturated carbocycles. The second-order valence-corrected chi connectivity index (χ2v) is 6.92. The molecule has 0 spiro atoms. The SMILES string of the molecule is CC(NC(=O)c1ccc(C#CC(C)(C)O)o1)c1ccc2c(c1)OCCCO2. The van der Waals surface area contributed by atoms with Gasteiger partial charge in [-0.1, -0.05) is 12.0 Å². The Morgan fingerprint density at radius 2 is 1.93 bits per heavy atom. The number of carbonyl (C=O) groups is 1. The molecule has 27 heavy (non-hydrogen) atoms. The van der Waals surface area contributed by atoms with Crippen molar-refractivity contribution in [3.63, 3.8) is 0 Å². The van der Waals surface area contributed by atoms with Crippen molar-refractivity contribution in [2.24, 2.45) is 0 Å². The van der Waals surface area contributed by atoms with E-state index >= 15 is 0 Å². The van der Waals surface area contributed by atoms with Gasteiger partial charge in [-0.3, -0.25) is 4.79 Å². The minimum atomic E-state index is -1.12. The number of ether oxygens (including phenoxy) is 2. The van der Waals surface area contributed by atoms with Gasteiger partial charge in [0.1, 0.15) is 5.60 Å². The molecule has 6 heteroatoms. The van der Waals surface area contributed by atoms with E-state index in [9.17, 15) is 9.90 Å². The Morgan fingerprint density at radius 3 is 2.67 bits per heavy atom. The summed E-state index contributed by atoms with van der Waals surface area (Å²) in [6, 6.07) is 8.56. The number of aliphatic hydroxyl groups is 1. The largest absolute Gasteiger partial charge is 0.490 e. The first kappa shape index (κ1) is 18.9. The molecule has 3 rings (SSSR count). The van der Waals surface area contributed by atoms with Gasteiger partial charge in [-0.25, -0.2) is 0 Å². The first-order valence-electron chi connectivity index (χ1n) is 8.87. The van der Waals surface area contributed by atoms with Gasteiger partial charge in [0.15, 0.2) is 23.0 Å². The Balaban J connectivity index is 1.68. The van der Waals surface area contributed by atoms with E-state index in [4.69, 9.17) is 13.9 Å². The van der Waals surface area contributed by atoms with Crippen LogP contribution in [-0.2, 0) is 0 Å². The van der Waals surface area contributed by atoms with E-state index in [1.165, 1.54) is 0 Å². The highest BCUT2D eigenvalue weighted by molar-refractivity contribution is 5.91. The highest BCUT2D eigenvalue weighted by Crippen LogP contribution is 2.32. The maximum Gasteiger partial charge on any atom is 0.287 e. The molecule has 1 aliphatic heterocycles.